The van der Waals surface area contributed by atoms with E-state index >= 15 is 0 Å². The molecule has 0 aromatic heterocycles. The molecule has 1 aromatic carbocycles. The van der Waals surface area contributed by atoms with Gasteiger partial charge >= 0.3 is 0 Å². The van der Waals surface area contributed by atoms with Crippen LogP contribution in [-0.4, -0.2) is 59.5 Å². The SMILES string of the molecule is CN(CC(=O)N1CCCCC1CO)C(=O)c1ccccc1. The maximum absolute atomic E-state index is 12.3. The van der Waals surface area contributed by atoms with Gasteiger partial charge in [-0.05, 0) is 31.4 Å². The summed E-state index contributed by atoms with van der Waals surface area (Å²) < 4.78 is 0. The lowest BCUT2D eigenvalue weighted by molar-refractivity contribution is -0.136. The number of hydrogen-bond acceptors (Lipinski definition) is 3. The average Bonchev–Trinajstić information content (AvgIpc) is 2.54. The minimum absolute atomic E-state index is 0.0118. The van der Waals surface area contributed by atoms with Crippen LogP contribution in [0, 0.1) is 0 Å². The van der Waals surface area contributed by atoms with Gasteiger partial charge in [0, 0.05) is 19.2 Å². The molecule has 0 radical (unpaired) electrons. The molecule has 114 valence electrons. The van der Waals surface area contributed by atoms with Crippen LogP contribution in [0.15, 0.2) is 30.3 Å². The zero-order chi connectivity index (χ0) is 15.2. The number of rotatable bonds is 4. The van der Waals surface area contributed by atoms with Gasteiger partial charge in [0.1, 0.15) is 0 Å². The maximum Gasteiger partial charge on any atom is 0.254 e. The van der Waals surface area contributed by atoms with E-state index in [0.29, 0.717) is 12.1 Å². The Morgan fingerprint density at radius 3 is 2.67 bits per heavy atom. The fraction of sp³-hybridized carbons (Fsp3) is 0.500. The molecule has 5 heteroatoms. The Bertz CT molecular complexity index is 490. The van der Waals surface area contributed by atoms with Crippen molar-refractivity contribution in [3.63, 3.8) is 0 Å². The van der Waals surface area contributed by atoms with Crippen LogP contribution in [0.4, 0.5) is 0 Å². The number of amides is 2. The van der Waals surface area contributed by atoms with Crippen molar-refractivity contribution in [2.45, 2.75) is 25.3 Å². The van der Waals surface area contributed by atoms with E-state index in [-0.39, 0.29) is 31.0 Å². The summed E-state index contributed by atoms with van der Waals surface area (Å²) in [6, 6.07) is 8.82. The zero-order valence-electron chi connectivity index (χ0n) is 12.4. The van der Waals surface area contributed by atoms with Crippen LogP contribution in [0.2, 0.25) is 0 Å². The number of likely N-dealkylation sites (tertiary alicyclic amines) is 1. The Kier molecular flexibility index (Phi) is 5.33. The molecule has 0 bridgehead atoms. The highest BCUT2D eigenvalue weighted by atomic mass is 16.3. The third-order valence-corrected chi connectivity index (χ3v) is 3.90. The highest BCUT2D eigenvalue weighted by molar-refractivity contribution is 5.96. The molecule has 1 N–H and O–H groups in total. The van der Waals surface area contributed by atoms with E-state index in [1.807, 2.05) is 6.07 Å². The van der Waals surface area contributed by atoms with Crippen LogP contribution in [0.1, 0.15) is 29.6 Å². The predicted molar refractivity (Wildman–Crippen MR) is 79.8 cm³/mol. The number of hydrogen-bond donors (Lipinski definition) is 1. The molecule has 1 atom stereocenters. The minimum atomic E-state index is -0.165. The first-order valence-electron chi connectivity index (χ1n) is 7.34. The second-order valence-corrected chi connectivity index (χ2v) is 5.45. The van der Waals surface area contributed by atoms with Crippen molar-refractivity contribution < 1.29 is 14.7 Å². The average molecular weight is 290 g/mol. The summed E-state index contributed by atoms with van der Waals surface area (Å²) in [5.74, 6) is -0.262. The van der Waals surface area contributed by atoms with Crippen molar-refractivity contribution in [1.29, 1.82) is 0 Å². The number of carbonyl (C=O) groups is 2. The monoisotopic (exact) mass is 290 g/mol. The minimum Gasteiger partial charge on any atom is -0.394 e. The van der Waals surface area contributed by atoms with Gasteiger partial charge in [-0.15, -0.1) is 0 Å². The lowest BCUT2D eigenvalue weighted by atomic mass is 10.0. The summed E-state index contributed by atoms with van der Waals surface area (Å²) in [6.45, 7) is 0.698. The summed E-state index contributed by atoms with van der Waals surface area (Å²) in [5.41, 5.74) is 0.574. The van der Waals surface area contributed by atoms with Gasteiger partial charge < -0.3 is 14.9 Å². The van der Waals surface area contributed by atoms with E-state index in [0.717, 1.165) is 19.3 Å². The highest BCUT2D eigenvalue weighted by Gasteiger charge is 2.27. The second-order valence-electron chi connectivity index (χ2n) is 5.45. The molecule has 0 spiro atoms. The molecule has 1 aliphatic rings. The third kappa shape index (κ3) is 3.82. The van der Waals surface area contributed by atoms with Crippen LogP contribution < -0.4 is 0 Å². The Labute approximate surface area is 125 Å². The Morgan fingerprint density at radius 1 is 1.29 bits per heavy atom. The van der Waals surface area contributed by atoms with Gasteiger partial charge in [0.15, 0.2) is 0 Å². The number of likely N-dealkylation sites (N-methyl/N-ethyl adjacent to an activating group) is 1. The number of benzene rings is 1. The number of piperidine rings is 1. The summed E-state index contributed by atoms with van der Waals surface area (Å²) in [4.78, 5) is 27.7. The van der Waals surface area contributed by atoms with Crippen molar-refractivity contribution in [3.8, 4) is 0 Å². The van der Waals surface area contributed by atoms with E-state index < -0.39 is 0 Å². The normalized spacial score (nSPS) is 18.4. The standard InChI is InChI=1S/C16H22N2O3/c1-17(16(21)13-7-3-2-4-8-13)11-15(20)18-10-6-5-9-14(18)12-19/h2-4,7-8,14,19H,5-6,9-12H2,1H3. The van der Waals surface area contributed by atoms with Crippen molar-refractivity contribution in [1.82, 2.24) is 9.80 Å². The van der Waals surface area contributed by atoms with Gasteiger partial charge in [0.25, 0.3) is 5.91 Å². The largest absolute Gasteiger partial charge is 0.394 e. The predicted octanol–water partition coefficient (Wildman–Crippen LogP) is 1.13. The molecule has 1 fully saturated rings. The fourth-order valence-electron chi connectivity index (χ4n) is 2.69. The van der Waals surface area contributed by atoms with Crippen LogP contribution in [0.3, 0.4) is 0 Å². The lowest BCUT2D eigenvalue weighted by Gasteiger charge is -2.35. The van der Waals surface area contributed by atoms with E-state index in [1.54, 1.807) is 36.2 Å². The van der Waals surface area contributed by atoms with Crippen LogP contribution >= 0.6 is 0 Å². The molecule has 1 aliphatic heterocycles. The Morgan fingerprint density at radius 2 is 2.00 bits per heavy atom. The maximum atomic E-state index is 12.3. The number of carbonyl (C=O) groups excluding carboxylic acids is 2. The van der Waals surface area contributed by atoms with Gasteiger partial charge in [-0.1, -0.05) is 18.2 Å². The highest BCUT2D eigenvalue weighted by Crippen LogP contribution is 2.17. The topological polar surface area (TPSA) is 60.9 Å². The Balaban J connectivity index is 1.97. The smallest absolute Gasteiger partial charge is 0.254 e. The van der Waals surface area contributed by atoms with Crippen LogP contribution in [-0.2, 0) is 4.79 Å². The summed E-state index contributed by atoms with van der Waals surface area (Å²) in [5, 5.41) is 9.36. The number of nitrogens with zero attached hydrogens (tertiary/aromatic N) is 2. The first-order chi connectivity index (χ1) is 10.1. The number of aliphatic hydroxyl groups is 1. The van der Waals surface area contributed by atoms with Gasteiger partial charge in [-0.2, -0.15) is 0 Å². The molecule has 0 aliphatic carbocycles. The molecule has 21 heavy (non-hydrogen) atoms. The first kappa shape index (κ1) is 15.5. The van der Waals surface area contributed by atoms with E-state index in [1.165, 1.54) is 4.90 Å². The summed E-state index contributed by atoms with van der Waals surface area (Å²) >= 11 is 0. The zero-order valence-corrected chi connectivity index (χ0v) is 12.4. The second kappa shape index (κ2) is 7.22. The van der Waals surface area contributed by atoms with Crippen molar-refractivity contribution >= 4 is 11.8 Å². The molecular weight excluding hydrogens is 268 g/mol. The van der Waals surface area contributed by atoms with E-state index in [2.05, 4.69) is 0 Å². The van der Waals surface area contributed by atoms with Crippen LogP contribution in [0.25, 0.3) is 0 Å². The lowest BCUT2D eigenvalue weighted by Crippen LogP contribution is -2.49. The quantitative estimate of drug-likeness (QED) is 0.904. The van der Waals surface area contributed by atoms with Gasteiger partial charge in [0.2, 0.25) is 5.91 Å². The summed E-state index contributed by atoms with van der Waals surface area (Å²) in [7, 11) is 1.63. The van der Waals surface area contributed by atoms with Gasteiger partial charge in [-0.25, -0.2) is 0 Å². The van der Waals surface area contributed by atoms with Crippen molar-refractivity contribution in [2.24, 2.45) is 0 Å². The molecule has 2 amide bonds. The molecular formula is C16H22N2O3. The molecule has 0 saturated carbocycles. The van der Waals surface area contributed by atoms with Crippen molar-refractivity contribution in [3.05, 3.63) is 35.9 Å². The number of aliphatic hydroxyl groups excluding tert-OH is 1. The molecule has 2 rings (SSSR count). The molecule has 1 unspecified atom stereocenters. The fourth-order valence-corrected chi connectivity index (χ4v) is 2.69. The molecule has 1 aromatic rings. The molecule has 1 saturated heterocycles. The van der Waals surface area contributed by atoms with Gasteiger partial charge in [0.05, 0.1) is 19.2 Å². The molecule has 5 nitrogen and oxygen atoms in total. The van der Waals surface area contributed by atoms with Crippen LogP contribution in [0.5, 0.6) is 0 Å². The van der Waals surface area contributed by atoms with Crippen molar-refractivity contribution in [2.75, 3.05) is 26.7 Å². The summed E-state index contributed by atoms with van der Waals surface area (Å²) in [6.07, 6.45) is 2.82. The molecule has 1 heterocycles. The Hall–Kier alpha value is -1.88. The first-order valence-corrected chi connectivity index (χ1v) is 7.34. The van der Waals surface area contributed by atoms with E-state index in [4.69, 9.17) is 0 Å². The van der Waals surface area contributed by atoms with E-state index in [9.17, 15) is 14.7 Å². The third-order valence-electron chi connectivity index (χ3n) is 3.90. The van der Waals surface area contributed by atoms with Gasteiger partial charge in [-0.3, -0.25) is 9.59 Å².